The molecule has 5 heteroatoms. The minimum Gasteiger partial charge on any atom is -0.380 e. The van der Waals surface area contributed by atoms with Crippen molar-refractivity contribution in [3.8, 4) is 6.07 Å². The molecule has 0 heterocycles. The van der Waals surface area contributed by atoms with E-state index in [4.69, 9.17) is 5.26 Å². The number of rotatable bonds is 3. The minimum atomic E-state index is -0.287. The van der Waals surface area contributed by atoms with Gasteiger partial charge in [0, 0.05) is 11.0 Å². The number of halogens is 3. The van der Waals surface area contributed by atoms with Gasteiger partial charge in [0.1, 0.15) is 11.9 Å². The Balaban J connectivity index is 2.14. The van der Waals surface area contributed by atoms with Gasteiger partial charge in [0.2, 0.25) is 0 Å². The second-order valence-corrected chi connectivity index (χ2v) is 5.67. The largest absolute Gasteiger partial charge is 0.380 e. The van der Waals surface area contributed by atoms with Crippen molar-refractivity contribution in [1.29, 1.82) is 5.26 Å². The molecule has 0 unspecified atom stereocenters. The normalized spacial score (nSPS) is 10.0. The summed E-state index contributed by atoms with van der Waals surface area (Å²) in [6.45, 7) is 0.523. The Kier molecular flexibility index (Phi) is 4.56. The highest BCUT2D eigenvalue weighted by atomic mass is 79.9. The Labute approximate surface area is 127 Å². The fraction of sp³-hybridized carbons (Fsp3) is 0.0714. The zero-order chi connectivity index (χ0) is 13.8. The lowest BCUT2D eigenvalue weighted by Crippen LogP contribution is -2.01. The highest BCUT2D eigenvalue weighted by molar-refractivity contribution is 9.10. The summed E-state index contributed by atoms with van der Waals surface area (Å²) >= 11 is 6.47. The van der Waals surface area contributed by atoms with Crippen LogP contribution < -0.4 is 5.32 Å². The van der Waals surface area contributed by atoms with E-state index in [0.29, 0.717) is 16.6 Å². The van der Waals surface area contributed by atoms with Crippen LogP contribution in [0, 0.1) is 17.1 Å². The first-order chi connectivity index (χ1) is 9.10. The molecule has 0 fully saturated rings. The molecule has 0 saturated carbocycles. The quantitative estimate of drug-likeness (QED) is 0.823. The fourth-order valence-electron chi connectivity index (χ4n) is 1.61. The predicted molar refractivity (Wildman–Crippen MR) is 80.3 cm³/mol. The van der Waals surface area contributed by atoms with Gasteiger partial charge in [0.25, 0.3) is 0 Å². The van der Waals surface area contributed by atoms with Crippen LogP contribution in [-0.2, 0) is 6.54 Å². The molecular formula is C14H9Br2FN2. The molecule has 96 valence electrons. The number of nitrogens with zero attached hydrogens (tertiary/aromatic N) is 1. The van der Waals surface area contributed by atoms with E-state index < -0.39 is 0 Å². The third-order valence-electron chi connectivity index (χ3n) is 2.57. The van der Waals surface area contributed by atoms with Crippen molar-refractivity contribution in [2.24, 2.45) is 0 Å². The maximum absolute atomic E-state index is 13.1. The molecular weight excluding hydrogens is 375 g/mol. The van der Waals surface area contributed by atoms with E-state index in [2.05, 4.69) is 43.2 Å². The monoisotopic (exact) mass is 382 g/mol. The molecule has 0 aromatic heterocycles. The number of benzene rings is 2. The molecule has 1 N–H and O–H groups in total. The van der Waals surface area contributed by atoms with Crippen LogP contribution in [0.25, 0.3) is 0 Å². The van der Waals surface area contributed by atoms with Gasteiger partial charge >= 0.3 is 0 Å². The molecule has 2 rings (SSSR count). The zero-order valence-electron chi connectivity index (χ0n) is 9.75. The van der Waals surface area contributed by atoms with Crippen LogP contribution in [0.3, 0.4) is 0 Å². The standard InChI is InChI=1S/C14H9Br2FN2/c15-11-2-4-14(10(6-11)7-18)19-8-9-1-3-13(17)12(16)5-9/h1-6,19H,8H2. The summed E-state index contributed by atoms with van der Waals surface area (Å²) in [5.74, 6) is -0.287. The van der Waals surface area contributed by atoms with E-state index in [1.807, 2.05) is 12.1 Å². The van der Waals surface area contributed by atoms with Crippen molar-refractivity contribution in [2.75, 3.05) is 5.32 Å². The number of hydrogen-bond acceptors (Lipinski definition) is 2. The summed E-state index contributed by atoms with van der Waals surface area (Å²) in [5.41, 5.74) is 2.25. The van der Waals surface area contributed by atoms with E-state index in [0.717, 1.165) is 15.7 Å². The highest BCUT2D eigenvalue weighted by Crippen LogP contribution is 2.22. The van der Waals surface area contributed by atoms with Gasteiger partial charge in [-0.05, 0) is 51.8 Å². The van der Waals surface area contributed by atoms with Crippen LogP contribution in [0.1, 0.15) is 11.1 Å². The molecule has 0 bridgehead atoms. The molecule has 2 nitrogen and oxygen atoms in total. The SMILES string of the molecule is N#Cc1cc(Br)ccc1NCc1ccc(F)c(Br)c1. The molecule has 2 aromatic carbocycles. The van der Waals surface area contributed by atoms with E-state index in [1.165, 1.54) is 6.07 Å². The van der Waals surface area contributed by atoms with Crippen LogP contribution in [-0.4, -0.2) is 0 Å². The third-order valence-corrected chi connectivity index (χ3v) is 3.67. The van der Waals surface area contributed by atoms with Crippen LogP contribution in [0.2, 0.25) is 0 Å². The number of hydrogen-bond donors (Lipinski definition) is 1. The lowest BCUT2D eigenvalue weighted by Gasteiger charge is -2.09. The summed E-state index contributed by atoms with van der Waals surface area (Å²) in [6, 6.07) is 12.4. The minimum absolute atomic E-state index is 0.287. The number of anilines is 1. The average molecular weight is 384 g/mol. The van der Waals surface area contributed by atoms with Gasteiger partial charge in [-0.2, -0.15) is 5.26 Å². The highest BCUT2D eigenvalue weighted by Gasteiger charge is 2.04. The molecule has 0 aliphatic rings. The number of nitrogens with one attached hydrogen (secondary N) is 1. The molecule has 0 atom stereocenters. The summed E-state index contributed by atoms with van der Waals surface area (Å²) in [5, 5.41) is 12.2. The van der Waals surface area contributed by atoms with Crippen LogP contribution in [0.15, 0.2) is 45.3 Å². The summed E-state index contributed by atoms with van der Waals surface area (Å²) < 4.78 is 14.4. The fourth-order valence-corrected chi connectivity index (χ4v) is 2.40. The third kappa shape index (κ3) is 3.55. The molecule has 0 radical (unpaired) electrons. The van der Waals surface area contributed by atoms with Gasteiger partial charge in [-0.3, -0.25) is 0 Å². The van der Waals surface area contributed by atoms with Gasteiger partial charge in [0.15, 0.2) is 0 Å². The van der Waals surface area contributed by atoms with Gasteiger partial charge in [0.05, 0.1) is 15.7 Å². The molecule has 0 spiro atoms. The molecule has 19 heavy (non-hydrogen) atoms. The topological polar surface area (TPSA) is 35.8 Å². The van der Waals surface area contributed by atoms with Gasteiger partial charge < -0.3 is 5.32 Å². The van der Waals surface area contributed by atoms with Gasteiger partial charge in [-0.25, -0.2) is 4.39 Å². The van der Waals surface area contributed by atoms with E-state index in [9.17, 15) is 4.39 Å². The summed E-state index contributed by atoms with van der Waals surface area (Å²) in [6.07, 6.45) is 0. The van der Waals surface area contributed by atoms with Gasteiger partial charge in [-0.15, -0.1) is 0 Å². The number of nitriles is 1. The second kappa shape index (κ2) is 6.18. The first-order valence-electron chi connectivity index (χ1n) is 5.47. The average Bonchev–Trinajstić information content (AvgIpc) is 2.41. The van der Waals surface area contributed by atoms with Crippen molar-refractivity contribution in [1.82, 2.24) is 0 Å². The maximum Gasteiger partial charge on any atom is 0.137 e. The Morgan fingerprint density at radius 3 is 2.63 bits per heavy atom. The lowest BCUT2D eigenvalue weighted by atomic mass is 10.1. The second-order valence-electron chi connectivity index (χ2n) is 3.90. The van der Waals surface area contributed by atoms with E-state index in [-0.39, 0.29) is 5.82 Å². The lowest BCUT2D eigenvalue weighted by molar-refractivity contribution is 0.620. The molecule has 2 aromatic rings. The van der Waals surface area contributed by atoms with Crippen molar-refractivity contribution < 1.29 is 4.39 Å². The van der Waals surface area contributed by atoms with Crippen LogP contribution >= 0.6 is 31.9 Å². The van der Waals surface area contributed by atoms with Crippen LogP contribution in [0.5, 0.6) is 0 Å². The smallest absolute Gasteiger partial charge is 0.137 e. The van der Waals surface area contributed by atoms with E-state index in [1.54, 1.807) is 18.2 Å². The van der Waals surface area contributed by atoms with Crippen molar-refractivity contribution in [3.05, 3.63) is 62.3 Å². The van der Waals surface area contributed by atoms with Gasteiger partial charge in [-0.1, -0.05) is 22.0 Å². The predicted octanol–water partition coefficient (Wildman–Crippen LogP) is 4.83. The summed E-state index contributed by atoms with van der Waals surface area (Å²) in [4.78, 5) is 0. The van der Waals surface area contributed by atoms with E-state index >= 15 is 0 Å². The Morgan fingerprint density at radius 1 is 1.16 bits per heavy atom. The Morgan fingerprint density at radius 2 is 1.95 bits per heavy atom. The molecule has 0 aliphatic heterocycles. The van der Waals surface area contributed by atoms with Crippen LogP contribution in [0.4, 0.5) is 10.1 Å². The van der Waals surface area contributed by atoms with Crippen molar-refractivity contribution in [3.63, 3.8) is 0 Å². The zero-order valence-corrected chi connectivity index (χ0v) is 12.9. The van der Waals surface area contributed by atoms with Crippen molar-refractivity contribution in [2.45, 2.75) is 6.54 Å². The Hall–Kier alpha value is -1.38. The van der Waals surface area contributed by atoms with Crippen molar-refractivity contribution >= 4 is 37.5 Å². The first-order valence-corrected chi connectivity index (χ1v) is 7.06. The molecule has 0 saturated heterocycles. The maximum atomic E-state index is 13.1. The first kappa shape index (κ1) is 14.0. The summed E-state index contributed by atoms with van der Waals surface area (Å²) in [7, 11) is 0. The molecule has 0 amide bonds. The molecule has 0 aliphatic carbocycles. The Bertz CT molecular complexity index is 650.